The largest absolute Gasteiger partial charge is 0.390 e. The molecule has 1 atom stereocenters. The molecule has 1 aliphatic rings. The molecule has 0 aliphatic carbocycles. The summed E-state index contributed by atoms with van der Waals surface area (Å²) in [5.74, 6) is 0. The molecule has 0 bridgehead atoms. The van der Waals surface area contributed by atoms with E-state index in [0.717, 1.165) is 12.7 Å². The Morgan fingerprint density at radius 1 is 1.27 bits per heavy atom. The summed E-state index contributed by atoms with van der Waals surface area (Å²) in [6, 6.07) is 1.61. The van der Waals surface area contributed by atoms with Crippen LogP contribution in [0.1, 0.15) is 0 Å². The van der Waals surface area contributed by atoms with Crippen molar-refractivity contribution in [2.75, 3.05) is 27.7 Å². The van der Waals surface area contributed by atoms with E-state index in [9.17, 15) is 0 Å². The Morgan fingerprint density at radius 2 is 1.91 bits per heavy atom. The minimum Gasteiger partial charge on any atom is -0.390 e. The van der Waals surface area contributed by atoms with Crippen LogP contribution in [0.2, 0.25) is 6.04 Å². The smallest absolute Gasteiger partial charge is 0.353 e. The number of nitrogens with one attached hydrogen (secondary N) is 3. The molecule has 66 valence electrons. The van der Waals surface area contributed by atoms with Gasteiger partial charge in [-0.25, -0.2) is 0 Å². The SMILES string of the molecule is CNC1CO[Si](NC)(NC)C1. The van der Waals surface area contributed by atoms with Gasteiger partial charge in [-0.1, -0.05) is 0 Å². The van der Waals surface area contributed by atoms with Crippen LogP contribution in [0.5, 0.6) is 0 Å². The third kappa shape index (κ3) is 1.80. The van der Waals surface area contributed by atoms with Crippen molar-refractivity contribution in [1.82, 2.24) is 15.3 Å². The first-order valence-corrected chi connectivity index (χ1v) is 6.07. The van der Waals surface area contributed by atoms with Crippen LogP contribution < -0.4 is 15.3 Å². The van der Waals surface area contributed by atoms with Crippen LogP contribution in [0.3, 0.4) is 0 Å². The van der Waals surface area contributed by atoms with Gasteiger partial charge >= 0.3 is 8.64 Å². The summed E-state index contributed by atoms with van der Waals surface area (Å²) in [6.07, 6.45) is 0. The molecular formula is C6H17N3OSi. The second-order valence-corrected chi connectivity index (χ2v) is 6.18. The monoisotopic (exact) mass is 175 g/mol. The third-order valence-corrected chi connectivity index (χ3v) is 5.62. The summed E-state index contributed by atoms with van der Waals surface area (Å²) in [6.45, 7) is 0.824. The highest BCUT2D eigenvalue weighted by Crippen LogP contribution is 2.15. The van der Waals surface area contributed by atoms with Crippen LogP contribution in [0.25, 0.3) is 0 Å². The molecule has 1 fully saturated rings. The molecule has 0 aromatic rings. The van der Waals surface area contributed by atoms with Crippen LogP contribution >= 0.6 is 0 Å². The average Bonchev–Trinajstić information content (AvgIpc) is 2.49. The normalized spacial score (nSPS) is 29.2. The van der Waals surface area contributed by atoms with Crippen molar-refractivity contribution >= 4 is 8.64 Å². The number of rotatable bonds is 3. The van der Waals surface area contributed by atoms with Gasteiger partial charge < -0.3 is 19.7 Å². The fourth-order valence-corrected chi connectivity index (χ4v) is 3.93. The lowest BCUT2D eigenvalue weighted by Crippen LogP contribution is -2.60. The van der Waals surface area contributed by atoms with Gasteiger partial charge in [0.1, 0.15) is 0 Å². The Bertz CT molecular complexity index is 129. The van der Waals surface area contributed by atoms with E-state index in [-0.39, 0.29) is 0 Å². The Morgan fingerprint density at radius 3 is 2.18 bits per heavy atom. The number of hydrogen-bond acceptors (Lipinski definition) is 4. The first-order valence-electron chi connectivity index (χ1n) is 3.95. The van der Waals surface area contributed by atoms with Gasteiger partial charge in [0, 0.05) is 12.1 Å². The molecule has 0 aromatic heterocycles. The summed E-state index contributed by atoms with van der Waals surface area (Å²) >= 11 is 0. The average molecular weight is 175 g/mol. The zero-order valence-corrected chi connectivity index (χ0v) is 8.40. The van der Waals surface area contributed by atoms with Crippen LogP contribution in [0.4, 0.5) is 0 Å². The molecule has 0 aromatic carbocycles. The standard InChI is InChI=1S/C6H17N3OSi/c1-7-6-4-10-11(5-6,8-2)9-3/h6-9H,4-5H2,1-3H3. The lowest BCUT2D eigenvalue weighted by molar-refractivity contribution is 0.305. The summed E-state index contributed by atoms with van der Waals surface area (Å²) in [5, 5.41) is 3.22. The molecule has 11 heavy (non-hydrogen) atoms. The van der Waals surface area contributed by atoms with E-state index in [2.05, 4.69) is 15.3 Å². The van der Waals surface area contributed by atoms with Crippen molar-refractivity contribution in [3.63, 3.8) is 0 Å². The molecule has 4 nitrogen and oxygen atoms in total. The molecular weight excluding hydrogens is 158 g/mol. The summed E-state index contributed by atoms with van der Waals surface area (Å²) in [4.78, 5) is 6.51. The second kappa shape index (κ2) is 3.64. The third-order valence-electron chi connectivity index (χ3n) is 2.28. The molecule has 1 rings (SSSR count). The van der Waals surface area contributed by atoms with Crippen molar-refractivity contribution in [2.45, 2.75) is 12.1 Å². The zero-order valence-electron chi connectivity index (χ0n) is 7.40. The molecule has 1 unspecified atom stereocenters. The Labute approximate surface area is 69.0 Å². The summed E-state index contributed by atoms with van der Waals surface area (Å²) in [5.41, 5.74) is 0. The van der Waals surface area contributed by atoms with E-state index in [4.69, 9.17) is 4.43 Å². The van der Waals surface area contributed by atoms with Gasteiger partial charge in [-0.15, -0.1) is 0 Å². The van der Waals surface area contributed by atoms with Crippen molar-refractivity contribution in [1.29, 1.82) is 0 Å². The fourth-order valence-electron chi connectivity index (χ4n) is 1.37. The minimum atomic E-state index is -1.73. The van der Waals surface area contributed by atoms with Gasteiger partial charge in [-0.3, -0.25) is 0 Å². The van der Waals surface area contributed by atoms with Gasteiger partial charge in [0.2, 0.25) is 0 Å². The van der Waals surface area contributed by atoms with Crippen LogP contribution in [0, 0.1) is 0 Å². The lowest BCUT2D eigenvalue weighted by atomic mass is 10.4. The maximum atomic E-state index is 5.70. The first-order chi connectivity index (χ1) is 5.26. The molecule has 5 heteroatoms. The quantitative estimate of drug-likeness (QED) is 0.481. The summed E-state index contributed by atoms with van der Waals surface area (Å²) < 4.78 is 5.70. The molecule has 1 aliphatic heterocycles. The second-order valence-electron chi connectivity index (χ2n) is 2.83. The van der Waals surface area contributed by atoms with E-state index in [1.54, 1.807) is 0 Å². The van der Waals surface area contributed by atoms with E-state index < -0.39 is 8.64 Å². The van der Waals surface area contributed by atoms with Crippen molar-refractivity contribution in [3.8, 4) is 0 Å². The maximum Gasteiger partial charge on any atom is 0.353 e. The highest BCUT2D eigenvalue weighted by atomic mass is 28.4. The number of hydrogen-bond donors (Lipinski definition) is 3. The van der Waals surface area contributed by atoms with E-state index in [1.807, 2.05) is 21.1 Å². The minimum absolute atomic E-state index is 0.515. The molecule has 0 saturated carbocycles. The molecule has 1 heterocycles. The Balaban J connectivity index is 2.48. The topological polar surface area (TPSA) is 45.3 Å². The van der Waals surface area contributed by atoms with E-state index >= 15 is 0 Å². The van der Waals surface area contributed by atoms with Crippen molar-refractivity contribution < 1.29 is 4.43 Å². The highest BCUT2D eigenvalue weighted by Gasteiger charge is 2.41. The molecule has 3 N–H and O–H groups in total. The summed E-state index contributed by atoms with van der Waals surface area (Å²) in [7, 11) is 4.17. The van der Waals surface area contributed by atoms with E-state index in [1.165, 1.54) is 0 Å². The van der Waals surface area contributed by atoms with Crippen LogP contribution in [-0.4, -0.2) is 42.4 Å². The highest BCUT2D eigenvalue weighted by molar-refractivity contribution is 6.69. The predicted molar refractivity (Wildman–Crippen MR) is 47.5 cm³/mol. The predicted octanol–water partition coefficient (Wildman–Crippen LogP) is -1.02. The molecule has 1 saturated heterocycles. The first kappa shape index (κ1) is 9.15. The Hall–Kier alpha value is 0.0569. The van der Waals surface area contributed by atoms with Gasteiger partial charge in [0.25, 0.3) is 0 Å². The zero-order chi connectivity index (χ0) is 8.32. The van der Waals surface area contributed by atoms with Gasteiger partial charge in [0.05, 0.1) is 6.61 Å². The van der Waals surface area contributed by atoms with E-state index in [0.29, 0.717) is 6.04 Å². The molecule has 0 spiro atoms. The van der Waals surface area contributed by atoms with Gasteiger partial charge in [0.15, 0.2) is 0 Å². The molecule has 0 radical (unpaired) electrons. The van der Waals surface area contributed by atoms with Crippen LogP contribution in [-0.2, 0) is 4.43 Å². The molecule has 0 amide bonds. The van der Waals surface area contributed by atoms with Crippen molar-refractivity contribution in [3.05, 3.63) is 0 Å². The van der Waals surface area contributed by atoms with Gasteiger partial charge in [-0.05, 0) is 21.1 Å². The maximum absolute atomic E-state index is 5.70. The van der Waals surface area contributed by atoms with Gasteiger partial charge in [-0.2, -0.15) is 0 Å². The number of likely N-dealkylation sites (N-methyl/N-ethyl adjacent to an activating group) is 1. The van der Waals surface area contributed by atoms with Crippen molar-refractivity contribution in [2.24, 2.45) is 0 Å². The Kier molecular flexibility index (Phi) is 3.03. The fraction of sp³-hybridized carbons (Fsp3) is 1.00. The van der Waals surface area contributed by atoms with Crippen LogP contribution in [0.15, 0.2) is 0 Å². The lowest BCUT2D eigenvalue weighted by Gasteiger charge is -2.22.